The van der Waals surface area contributed by atoms with Crippen molar-refractivity contribution in [1.82, 2.24) is 15.5 Å². The van der Waals surface area contributed by atoms with Crippen LogP contribution in [0.5, 0.6) is 0 Å². The number of nitrogens with one attached hydrogen (secondary N) is 1. The number of non-ortho nitro benzene ring substituents is 1. The second-order valence-electron chi connectivity index (χ2n) is 4.10. The van der Waals surface area contributed by atoms with E-state index in [1.807, 2.05) is 6.92 Å². The van der Waals surface area contributed by atoms with Gasteiger partial charge in [-0.25, -0.2) is 4.39 Å². The molecule has 0 radical (unpaired) electrons. The van der Waals surface area contributed by atoms with Gasteiger partial charge in [-0.05, 0) is 19.0 Å². The maximum atomic E-state index is 13.8. The number of hydrogen-bond donors (Lipinski definition) is 1. The molecular weight excluding hydrogens is 267 g/mol. The van der Waals surface area contributed by atoms with E-state index in [0.29, 0.717) is 12.4 Å². The van der Waals surface area contributed by atoms with Gasteiger partial charge in [0.1, 0.15) is 5.82 Å². The normalized spacial score (nSPS) is 10.7. The summed E-state index contributed by atoms with van der Waals surface area (Å²) in [6.07, 6.45) is 0.970. The molecule has 1 aromatic heterocycles. The largest absolute Gasteiger partial charge is 0.419 e. The number of aromatic nitrogens is 2. The van der Waals surface area contributed by atoms with E-state index in [9.17, 15) is 14.5 Å². The smallest absolute Gasteiger partial charge is 0.272 e. The van der Waals surface area contributed by atoms with Crippen LogP contribution in [0.4, 0.5) is 10.1 Å². The van der Waals surface area contributed by atoms with Crippen LogP contribution in [-0.4, -0.2) is 21.7 Å². The monoisotopic (exact) mass is 280 g/mol. The second kappa shape index (κ2) is 6.20. The van der Waals surface area contributed by atoms with Crippen molar-refractivity contribution in [3.63, 3.8) is 0 Å². The summed E-state index contributed by atoms with van der Waals surface area (Å²) in [7, 11) is 0. The third kappa shape index (κ3) is 3.15. The van der Waals surface area contributed by atoms with Crippen molar-refractivity contribution in [2.75, 3.05) is 6.54 Å². The van der Waals surface area contributed by atoms with Crippen LogP contribution in [0.25, 0.3) is 11.5 Å². The lowest BCUT2D eigenvalue weighted by Crippen LogP contribution is -2.13. The first-order valence-corrected chi connectivity index (χ1v) is 6.09. The Morgan fingerprint density at radius 2 is 2.25 bits per heavy atom. The summed E-state index contributed by atoms with van der Waals surface area (Å²) in [5.74, 6) is -0.423. The average molecular weight is 280 g/mol. The van der Waals surface area contributed by atoms with E-state index < -0.39 is 10.7 Å². The maximum absolute atomic E-state index is 13.8. The highest BCUT2D eigenvalue weighted by molar-refractivity contribution is 5.56. The van der Waals surface area contributed by atoms with E-state index in [0.717, 1.165) is 19.0 Å². The SMILES string of the molecule is CCCNCc1nnc(-c2ccc([N+](=O)[O-])cc2F)o1. The number of rotatable bonds is 6. The molecule has 0 aliphatic rings. The number of hydrogen-bond acceptors (Lipinski definition) is 6. The van der Waals surface area contributed by atoms with Crippen molar-refractivity contribution in [2.24, 2.45) is 0 Å². The maximum Gasteiger partial charge on any atom is 0.272 e. The molecule has 0 amide bonds. The van der Waals surface area contributed by atoms with Gasteiger partial charge in [0.15, 0.2) is 0 Å². The first-order chi connectivity index (χ1) is 9.61. The Bertz CT molecular complexity index is 614. The average Bonchev–Trinajstić information content (AvgIpc) is 2.87. The molecule has 8 heteroatoms. The fraction of sp³-hybridized carbons (Fsp3) is 0.333. The van der Waals surface area contributed by atoms with Gasteiger partial charge in [-0.15, -0.1) is 10.2 Å². The number of nitro benzene ring substituents is 1. The van der Waals surface area contributed by atoms with Crippen LogP contribution in [0.15, 0.2) is 22.6 Å². The van der Waals surface area contributed by atoms with Crippen molar-refractivity contribution in [3.8, 4) is 11.5 Å². The molecule has 106 valence electrons. The molecule has 20 heavy (non-hydrogen) atoms. The third-order valence-electron chi connectivity index (χ3n) is 2.56. The van der Waals surface area contributed by atoms with Gasteiger partial charge in [-0.1, -0.05) is 6.92 Å². The molecule has 0 atom stereocenters. The third-order valence-corrected chi connectivity index (χ3v) is 2.56. The molecule has 2 aromatic rings. The highest BCUT2D eigenvalue weighted by Crippen LogP contribution is 2.25. The number of nitro groups is 1. The first-order valence-electron chi connectivity index (χ1n) is 6.09. The van der Waals surface area contributed by atoms with Gasteiger partial charge in [0.05, 0.1) is 23.1 Å². The molecule has 0 saturated carbocycles. The molecule has 1 aromatic carbocycles. The number of halogens is 1. The molecule has 0 aliphatic carbocycles. The molecule has 0 aliphatic heterocycles. The Labute approximate surface area is 114 Å². The fourth-order valence-corrected chi connectivity index (χ4v) is 1.60. The van der Waals surface area contributed by atoms with E-state index in [2.05, 4.69) is 15.5 Å². The van der Waals surface area contributed by atoms with Crippen LogP contribution in [0.1, 0.15) is 19.2 Å². The predicted molar refractivity (Wildman–Crippen MR) is 68.3 cm³/mol. The number of benzene rings is 1. The lowest BCUT2D eigenvalue weighted by atomic mass is 10.2. The summed E-state index contributed by atoms with van der Waals surface area (Å²) in [6.45, 7) is 3.23. The minimum Gasteiger partial charge on any atom is -0.419 e. The lowest BCUT2D eigenvalue weighted by molar-refractivity contribution is -0.385. The zero-order chi connectivity index (χ0) is 14.5. The summed E-state index contributed by atoms with van der Waals surface area (Å²) in [5, 5.41) is 21.1. The van der Waals surface area contributed by atoms with E-state index in [-0.39, 0.29) is 17.1 Å². The molecular formula is C12H13FN4O3. The minimum absolute atomic E-state index is 0.00527. The van der Waals surface area contributed by atoms with E-state index in [4.69, 9.17) is 4.42 Å². The van der Waals surface area contributed by atoms with Gasteiger partial charge in [-0.3, -0.25) is 10.1 Å². The van der Waals surface area contributed by atoms with Crippen LogP contribution >= 0.6 is 0 Å². The Hall–Kier alpha value is -2.35. The molecule has 0 fully saturated rings. The standard InChI is InChI=1S/C12H13FN4O3/c1-2-5-14-7-11-15-16-12(20-11)9-4-3-8(17(18)19)6-10(9)13/h3-4,6,14H,2,5,7H2,1H3. The molecule has 7 nitrogen and oxygen atoms in total. The second-order valence-corrected chi connectivity index (χ2v) is 4.10. The van der Waals surface area contributed by atoms with Gasteiger partial charge in [0.25, 0.3) is 11.6 Å². The molecule has 0 unspecified atom stereocenters. The van der Waals surface area contributed by atoms with Crippen molar-refractivity contribution in [3.05, 3.63) is 40.0 Å². The summed E-state index contributed by atoms with van der Waals surface area (Å²) >= 11 is 0. The zero-order valence-corrected chi connectivity index (χ0v) is 10.8. The predicted octanol–water partition coefficient (Wildman–Crippen LogP) is 2.28. The fourth-order valence-electron chi connectivity index (χ4n) is 1.60. The lowest BCUT2D eigenvalue weighted by Gasteiger charge is -1.98. The molecule has 1 heterocycles. The van der Waals surface area contributed by atoms with Crippen LogP contribution in [0.2, 0.25) is 0 Å². The quantitative estimate of drug-likeness (QED) is 0.495. The molecule has 1 N–H and O–H groups in total. The van der Waals surface area contributed by atoms with Gasteiger partial charge < -0.3 is 9.73 Å². The highest BCUT2D eigenvalue weighted by atomic mass is 19.1. The van der Waals surface area contributed by atoms with Crippen molar-refractivity contribution < 1.29 is 13.7 Å². The molecule has 0 saturated heterocycles. The van der Waals surface area contributed by atoms with Crippen molar-refractivity contribution in [1.29, 1.82) is 0 Å². The summed E-state index contributed by atoms with van der Waals surface area (Å²) in [4.78, 5) is 9.87. The van der Waals surface area contributed by atoms with Crippen molar-refractivity contribution >= 4 is 5.69 Å². The Kier molecular flexibility index (Phi) is 4.36. The molecule has 0 spiro atoms. The highest BCUT2D eigenvalue weighted by Gasteiger charge is 2.16. The first kappa shape index (κ1) is 14.1. The van der Waals surface area contributed by atoms with Gasteiger partial charge in [0, 0.05) is 6.07 Å². The molecule has 0 bridgehead atoms. The van der Waals surface area contributed by atoms with Gasteiger partial charge in [0.2, 0.25) is 5.89 Å². The summed E-state index contributed by atoms with van der Waals surface area (Å²) < 4.78 is 19.1. The van der Waals surface area contributed by atoms with E-state index >= 15 is 0 Å². The summed E-state index contributed by atoms with van der Waals surface area (Å²) in [6, 6.07) is 3.27. The van der Waals surface area contributed by atoms with Gasteiger partial charge in [-0.2, -0.15) is 0 Å². The minimum atomic E-state index is -0.768. The van der Waals surface area contributed by atoms with Gasteiger partial charge >= 0.3 is 0 Å². The van der Waals surface area contributed by atoms with Crippen LogP contribution in [-0.2, 0) is 6.54 Å². The summed E-state index contributed by atoms with van der Waals surface area (Å²) in [5.41, 5.74) is -0.277. The Morgan fingerprint density at radius 1 is 1.45 bits per heavy atom. The Morgan fingerprint density at radius 3 is 2.90 bits per heavy atom. The topological polar surface area (TPSA) is 94.1 Å². The Balaban J connectivity index is 2.17. The van der Waals surface area contributed by atoms with Crippen LogP contribution < -0.4 is 5.32 Å². The van der Waals surface area contributed by atoms with Crippen LogP contribution in [0, 0.1) is 15.9 Å². The van der Waals surface area contributed by atoms with Crippen LogP contribution in [0.3, 0.4) is 0 Å². The van der Waals surface area contributed by atoms with E-state index in [1.54, 1.807) is 0 Å². The molecule has 2 rings (SSSR count). The number of nitrogens with zero attached hydrogens (tertiary/aromatic N) is 3. The zero-order valence-electron chi connectivity index (χ0n) is 10.8. The van der Waals surface area contributed by atoms with E-state index in [1.165, 1.54) is 12.1 Å². The van der Waals surface area contributed by atoms with Crippen molar-refractivity contribution in [2.45, 2.75) is 19.9 Å².